The van der Waals surface area contributed by atoms with Gasteiger partial charge in [-0.15, -0.1) is 0 Å². The van der Waals surface area contributed by atoms with Crippen LogP contribution in [-0.4, -0.2) is 0 Å². The third kappa shape index (κ3) is 6.47. The Labute approximate surface area is 87.7 Å². The highest BCUT2D eigenvalue weighted by Crippen LogP contribution is 2.04. The summed E-state index contributed by atoms with van der Waals surface area (Å²) in [6.07, 6.45) is 25.5. The molecular weight excluding hydrogens is 168 g/mol. The highest BCUT2D eigenvalue weighted by molar-refractivity contribution is 5.10. The van der Waals surface area contributed by atoms with Gasteiger partial charge in [0.2, 0.25) is 0 Å². The number of hydrogen-bond acceptors (Lipinski definition) is 0. The first-order chi connectivity index (χ1) is 7.00. The second kappa shape index (κ2) is 8.55. The summed E-state index contributed by atoms with van der Waals surface area (Å²) in [5.41, 5.74) is 0. The van der Waals surface area contributed by atoms with Gasteiger partial charge in [-0.2, -0.15) is 0 Å². The molecule has 0 aromatic carbocycles. The summed E-state index contributed by atoms with van der Waals surface area (Å²) in [6.45, 7) is 0. The Morgan fingerprint density at radius 2 is 1.29 bits per heavy atom. The predicted octanol–water partition coefficient (Wildman–Crippen LogP) is 4.38. The molecule has 1 radical (unpaired) electrons. The maximum absolute atomic E-state index is 2.25. The lowest BCUT2D eigenvalue weighted by atomic mass is 10.1. The Balaban J connectivity index is 2.35. The molecule has 0 heterocycles. The van der Waals surface area contributed by atoms with Gasteiger partial charge in [0.05, 0.1) is 0 Å². The number of hydrogen-bond donors (Lipinski definition) is 0. The van der Waals surface area contributed by atoms with E-state index in [1.165, 1.54) is 25.7 Å². The highest BCUT2D eigenvalue weighted by Gasteiger charge is 1.85. The van der Waals surface area contributed by atoms with Crippen molar-refractivity contribution in [1.82, 2.24) is 0 Å². The number of rotatable bonds is 0. The minimum atomic E-state index is 1.02. The summed E-state index contributed by atoms with van der Waals surface area (Å²) >= 11 is 0. The average Bonchev–Trinajstić information content (AvgIpc) is 2.22. The Morgan fingerprint density at radius 1 is 0.571 bits per heavy atom. The molecule has 0 bridgehead atoms. The van der Waals surface area contributed by atoms with Crippen LogP contribution in [0.25, 0.3) is 0 Å². The van der Waals surface area contributed by atoms with Crippen molar-refractivity contribution in [2.24, 2.45) is 0 Å². The van der Waals surface area contributed by atoms with Crippen molar-refractivity contribution in [3.05, 3.63) is 55.0 Å². The van der Waals surface area contributed by atoms with Crippen molar-refractivity contribution in [2.45, 2.75) is 32.1 Å². The fourth-order valence-corrected chi connectivity index (χ4v) is 1.33. The van der Waals surface area contributed by atoms with E-state index in [0.29, 0.717) is 0 Å². The SMILES string of the molecule is [CH]1C=CC=CCC=CC=CCCCC1. The van der Waals surface area contributed by atoms with Gasteiger partial charge >= 0.3 is 0 Å². The monoisotopic (exact) mass is 187 g/mol. The van der Waals surface area contributed by atoms with Crippen LogP contribution in [0.3, 0.4) is 0 Å². The van der Waals surface area contributed by atoms with Crippen LogP contribution in [0.1, 0.15) is 32.1 Å². The van der Waals surface area contributed by atoms with Crippen LogP contribution in [0.2, 0.25) is 0 Å². The van der Waals surface area contributed by atoms with Crippen molar-refractivity contribution >= 4 is 0 Å². The molecule has 0 unspecified atom stereocenters. The first kappa shape index (κ1) is 11.0. The largest absolute Gasteiger partial charge is 0.0845 e. The lowest BCUT2D eigenvalue weighted by molar-refractivity contribution is 0.747. The van der Waals surface area contributed by atoms with Gasteiger partial charge in [0.1, 0.15) is 0 Å². The standard InChI is InChI=1S/C14H19/c1-2-4-6-8-10-12-14-13-11-9-7-5-3-1/h1-5,8,10,12,14H,6-7,9,11,13H2. The molecule has 0 nitrogen and oxygen atoms in total. The van der Waals surface area contributed by atoms with Gasteiger partial charge in [-0.1, -0.05) is 55.0 Å². The maximum Gasteiger partial charge on any atom is -0.0163 e. The Bertz CT molecular complexity index is 204. The molecule has 0 heteroatoms. The van der Waals surface area contributed by atoms with Crippen LogP contribution in [0, 0.1) is 6.42 Å². The van der Waals surface area contributed by atoms with E-state index >= 15 is 0 Å². The summed E-state index contributed by atoms with van der Waals surface area (Å²) in [4.78, 5) is 0. The molecule has 0 spiro atoms. The second-order valence-corrected chi connectivity index (χ2v) is 3.43. The summed E-state index contributed by atoms with van der Waals surface area (Å²) in [6, 6.07) is 0. The van der Waals surface area contributed by atoms with Gasteiger partial charge in [0, 0.05) is 0 Å². The lowest BCUT2D eigenvalue weighted by Crippen LogP contribution is -1.75. The fourth-order valence-electron chi connectivity index (χ4n) is 1.33. The first-order valence-electron chi connectivity index (χ1n) is 5.47. The van der Waals surface area contributed by atoms with Crippen molar-refractivity contribution in [1.29, 1.82) is 0 Å². The lowest BCUT2D eigenvalue weighted by Gasteiger charge is -1.94. The van der Waals surface area contributed by atoms with E-state index in [0.717, 1.165) is 6.42 Å². The van der Waals surface area contributed by atoms with E-state index in [9.17, 15) is 0 Å². The van der Waals surface area contributed by atoms with Crippen LogP contribution in [0.5, 0.6) is 0 Å². The van der Waals surface area contributed by atoms with Gasteiger partial charge in [-0.05, 0) is 32.1 Å². The van der Waals surface area contributed by atoms with Gasteiger partial charge in [-0.25, -0.2) is 0 Å². The van der Waals surface area contributed by atoms with Crippen LogP contribution < -0.4 is 0 Å². The molecule has 0 aromatic heterocycles. The molecule has 0 saturated heterocycles. The second-order valence-electron chi connectivity index (χ2n) is 3.43. The van der Waals surface area contributed by atoms with Crippen molar-refractivity contribution in [2.75, 3.05) is 0 Å². The summed E-state index contributed by atoms with van der Waals surface area (Å²) in [7, 11) is 0. The third-order valence-electron chi connectivity index (χ3n) is 2.14. The average molecular weight is 187 g/mol. The van der Waals surface area contributed by atoms with Gasteiger partial charge < -0.3 is 0 Å². The molecule has 1 aliphatic carbocycles. The third-order valence-corrected chi connectivity index (χ3v) is 2.14. The first-order valence-corrected chi connectivity index (χ1v) is 5.47. The smallest absolute Gasteiger partial charge is 0.0163 e. The van der Waals surface area contributed by atoms with E-state index in [-0.39, 0.29) is 0 Å². The molecule has 1 aliphatic rings. The predicted molar refractivity (Wildman–Crippen MR) is 63.9 cm³/mol. The topological polar surface area (TPSA) is 0 Å². The van der Waals surface area contributed by atoms with E-state index in [1.807, 2.05) is 0 Å². The molecule has 0 saturated carbocycles. The molecule has 0 amide bonds. The summed E-state index contributed by atoms with van der Waals surface area (Å²) in [5.74, 6) is 0. The fraction of sp³-hybridized carbons (Fsp3) is 0.357. The van der Waals surface area contributed by atoms with Gasteiger partial charge in [-0.3, -0.25) is 0 Å². The maximum atomic E-state index is 2.25. The molecule has 0 N–H and O–H groups in total. The molecule has 0 aliphatic heterocycles. The molecule has 14 heavy (non-hydrogen) atoms. The van der Waals surface area contributed by atoms with Crippen molar-refractivity contribution in [3.63, 3.8) is 0 Å². The zero-order valence-electron chi connectivity index (χ0n) is 8.73. The van der Waals surface area contributed by atoms with E-state index in [4.69, 9.17) is 0 Å². The molecule has 0 aromatic rings. The zero-order chi connectivity index (χ0) is 9.90. The summed E-state index contributed by atoms with van der Waals surface area (Å²) < 4.78 is 0. The van der Waals surface area contributed by atoms with E-state index in [2.05, 4.69) is 55.0 Å². The van der Waals surface area contributed by atoms with Crippen LogP contribution in [0.15, 0.2) is 48.6 Å². The Hall–Kier alpha value is -1.04. The summed E-state index contributed by atoms with van der Waals surface area (Å²) in [5, 5.41) is 0. The molecule has 75 valence electrons. The van der Waals surface area contributed by atoms with Gasteiger partial charge in [0.15, 0.2) is 0 Å². The van der Waals surface area contributed by atoms with Crippen molar-refractivity contribution in [3.8, 4) is 0 Å². The number of allylic oxidation sites excluding steroid dienone is 8. The Morgan fingerprint density at radius 3 is 2.21 bits per heavy atom. The molecule has 0 atom stereocenters. The molecule has 1 rings (SSSR count). The van der Waals surface area contributed by atoms with Crippen molar-refractivity contribution < 1.29 is 0 Å². The van der Waals surface area contributed by atoms with Crippen LogP contribution >= 0.6 is 0 Å². The van der Waals surface area contributed by atoms with Crippen LogP contribution in [-0.2, 0) is 0 Å². The minimum Gasteiger partial charge on any atom is -0.0845 e. The minimum absolute atomic E-state index is 1.02. The molecule has 0 fully saturated rings. The van der Waals surface area contributed by atoms with Gasteiger partial charge in [0.25, 0.3) is 0 Å². The van der Waals surface area contributed by atoms with Crippen LogP contribution in [0.4, 0.5) is 0 Å². The Kier molecular flexibility index (Phi) is 6.74. The quantitative estimate of drug-likeness (QED) is 0.528. The highest BCUT2D eigenvalue weighted by atomic mass is 13.9. The van der Waals surface area contributed by atoms with E-state index < -0.39 is 0 Å². The molecular formula is C14H19. The van der Waals surface area contributed by atoms with E-state index in [1.54, 1.807) is 0 Å². The zero-order valence-corrected chi connectivity index (χ0v) is 8.73. The normalized spacial score (nSPS) is 19.4.